The van der Waals surface area contributed by atoms with Crippen LogP contribution in [0.2, 0.25) is 0 Å². The first-order valence-electron chi connectivity index (χ1n) is 9.81. The minimum atomic E-state index is -3.80. The molecule has 0 aliphatic heterocycles. The largest absolute Gasteiger partial charge is 0.492 e. The van der Waals surface area contributed by atoms with Crippen LogP contribution in [0.3, 0.4) is 0 Å². The summed E-state index contributed by atoms with van der Waals surface area (Å²) in [7, 11) is -3.80. The second kappa shape index (κ2) is 7.15. The first-order chi connectivity index (χ1) is 14.6. The number of nitrogens with one attached hydrogen (secondary N) is 1. The van der Waals surface area contributed by atoms with Gasteiger partial charge in [-0.05, 0) is 72.0 Å². The molecule has 150 valence electrons. The Kier molecular flexibility index (Phi) is 4.44. The van der Waals surface area contributed by atoms with Gasteiger partial charge < -0.3 is 4.74 Å². The lowest BCUT2D eigenvalue weighted by Crippen LogP contribution is -2.14. The lowest BCUT2D eigenvalue weighted by molar-refractivity contribution is 0.343. The lowest BCUT2D eigenvalue weighted by Gasteiger charge is -2.13. The Hall–Kier alpha value is -3.38. The summed E-state index contributed by atoms with van der Waals surface area (Å²) in [6.07, 6.45) is 2.43. The number of rotatable bonds is 5. The number of benzene rings is 3. The fourth-order valence-corrected chi connectivity index (χ4v) is 5.29. The van der Waals surface area contributed by atoms with Crippen LogP contribution in [0.5, 0.6) is 5.75 Å². The Balaban J connectivity index is 1.52. The third kappa shape index (κ3) is 3.09. The van der Waals surface area contributed by atoms with E-state index in [9.17, 15) is 8.42 Å². The summed E-state index contributed by atoms with van der Waals surface area (Å²) in [6.45, 7) is 2.36. The van der Waals surface area contributed by atoms with Gasteiger partial charge in [-0.3, -0.25) is 9.71 Å². The van der Waals surface area contributed by atoms with Crippen LogP contribution in [0, 0.1) is 0 Å². The Labute approximate surface area is 175 Å². The topological polar surface area (TPSA) is 68.3 Å². The maximum Gasteiger partial charge on any atom is 0.262 e. The van der Waals surface area contributed by atoms with Crippen LogP contribution < -0.4 is 9.46 Å². The number of hydrogen-bond donors (Lipinski definition) is 1. The molecule has 1 aliphatic rings. The van der Waals surface area contributed by atoms with Gasteiger partial charge in [-0.1, -0.05) is 30.3 Å². The summed E-state index contributed by atoms with van der Waals surface area (Å²) >= 11 is 0. The molecule has 1 aliphatic carbocycles. The van der Waals surface area contributed by atoms with E-state index in [4.69, 9.17) is 4.74 Å². The van der Waals surface area contributed by atoms with Gasteiger partial charge in [0.25, 0.3) is 10.0 Å². The molecule has 3 aromatic carbocycles. The number of sulfonamides is 1. The molecular formula is C24H20N2O3S. The molecule has 0 spiro atoms. The van der Waals surface area contributed by atoms with Crippen molar-refractivity contribution in [1.29, 1.82) is 0 Å². The third-order valence-corrected chi connectivity index (χ3v) is 6.77. The van der Waals surface area contributed by atoms with E-state index in [1.807, 2.05) is 37.3 Å². The Bertz CT molecular complexity index is 1380. The quantitative estimate of drug-likeness (QED) is 0.437. The molecule has 0 radical (unpaired) electrons. The average molecular weight is 417 g/mol. The van der Waals surface area contributed by atoms with Gasteiger partial charge in [-0.15, -0.1) is 0 Å². The third-order valence-electron chi connectivity index (χ3n) is 5.33. The number of nitrogens with zero attached hydrogens (tertiary/aromatic N) is 1. The van der Waals surface area contributed by atoms with Gasteiger partial charge in [0.05, 0.1) is 11.5 Å². The van der Waals surface area contributed by atoms with Crippen molar-refractivity contribution in [2.45, 2.75) is 18.2 Å². The molecule has 1 heterocycles. The molecule has 5 nitrogen and oxygen atoms in total. The molecule has 1 N–H and O–H groups in total. The molecule has 0 saturated carbocycles. The monoisotopic (exact) mass is 416 g/mol. The van der Waals surface area contributed by atoms with Gasteiger partial charge in [0.1, 0.15) is 11.3 Å². The standard InChI is InChI=1S/C24H20N2O3S/c1-2-29-22-11-12-23(21-8-5-13-25-24(21)22)30(27,28)26-18-9-10-20-17(15-18)14-16-6-3-4-7-19(16)20/h3-13,15,26H,2,14H2,1H3. The zero-order valence-electron chi connectivity index (χ0n) is 16.4. The summed E-state index contributed by atoms with van der Waals surface area (Å²) in [6, 6.07) is 20.7. The maximum absolute atomic E-state index is 13.2. The number of fused-ring (bicyclic) bond motifs is 4. The van der Waals surface area contributed by atoms with Crippen LogP contribution in [-0.2, 0) is 16.4 Å². The molecule has 0 saturated heterocycles. The maximum atomic E-state index is 13.2. The van der Waals surface area contributed by atoms with Crippen LogP contribution >= 0.6 is 0 Å². The highest BCUT2D eigenvalue weighted by Crippen LogP contribution is 2.38. The molecule has 1 aromatic heterocycles. The Morgan fingerprint density at radius 1 is 0.967 bits per heavy atom. The Morgan fingerprint density at radius 2 is 1.80 bits per heavy atom. The minimum absolute atomic E-state index is 0.179. The minimum Gasteiger partial charge on any atom is -0.492 e. The molecule has 0 amide bonds. The highest BCUT2D eigenvalue weighted by Gasteiger charge is 2.22. The second-order valence-electron chi connectivity index (χ2n) is 7.21. The SMILES string of the molecule is CCOc1ccc(S(=O)(=O)Nc2ccc3c(c2)Cc2ccccc2-3)c2cccnc12. The van der Waals surface area contributed by atoms with E-state index < -0.39 is 10.0 Å². The van der Waals surface area contributed by atoms with Crippen molar-refractivity contribution in [2.24, 2.45) is 0 Å². The average Bonchev–Trinajstić information content (AvgIpc) is 3.11. The fourth-order valence-electron chi connectivity index (χ4n) is 4.05. The van der Waals surface area contributed by atoms with Crippen LogP contribution in [-0.4, -0.2) is 20.0 Å². The van der Waals surface area contributed by atoms with Gasteiger partial charge in [0.15, 0.2) is 0 Å². The fraction of sp³-hybridized carbons (Fsp3) is 0.125. The number of aromatic nitrogens is 1. The summed E-state index contributed by atoms with van der Waals surface area (Å²) in [4.78, 5) is 4.51. The highest BCUT2D eigenvalue weighted by molar-refractivity contribution is 7.93. The summed E-state index contributed by atoms with van der Waals surface area (Å²) < 4.78 is 34.8. The van der Waals surface area contributed by atoms with Crippen molar-refractivity contribution in [2.75, 3.05) is 11.3 Å². The number of hydrogen-bond acceptors (Lipinski definition) is 4. The van der Waals surface area contributed by atoms with Crippen molar-refractivity contribution >= 4 is 26.6 Å². The summed E-state index contributed by atoms with van der Waals surface area (Å²) in [5.41, 5.74) is 5.83. The summed E-state index contributed by atoms with van der Waals surface area (Å²) in [5.74, 6) is 0.572. The number of anilines is 1. The van der Waals surface area contributed by atoms with Gasteiger partial charge >= 0.3 is 0 Å². The van der Waals surface area contributed by atoms with Gasteiger partial charge in [0, 0.05) is 17.3 Å². The van der Waals surface area contributed by atoms with Crippen LogP contribution in [0.15, 0.2) is 77.8 Å². The van der Waals surface area contributed by atoms with E-state index in [1.165, 1.54) is 11.1 Å². The highest BCUT2D eigenvalue weighted by atomic mass is 32.2. The lowest BCUT2D eigenvalue weighted by atomic mass is 10.1. The van der Waals surface area contributed by atoms with Gasteiger partial charge in [-0.25, -0.2) is 8.42 Å². The van der Waals surface area contributed by atoms with Crippen LogP contribution in [0.25, 0.3) is 22.0 Å². The number of pyridine rings is 1. The molecule has 0 atom stereocenters. The molecule has 0 fully saturated rings. The predicted octanol–water partition coefficient (Wildman–Crippen LogP) is 5.01. The van der Waals surface area contributed by atoms with Gasteiger partial charge in [0.2, 0.25) is 0 Å². The zero-order valence-corrected chi connectivity index (χ0v) is 17.2. The van der Waals surface area contributed by atoms with Crippen molar-refractivity contribution in [1.82, 2.24) is 4.98 Å². The van der Waals surface area contributed by atoms with E-state index in [-0.39, 0.29) is 4.90 Å². The predicted molar refractivity (Wildman–Crippen MR) is 118 cm³/mol. The normalized spacial score (nSPS) is 12.4. The molecule has 0 unspecified atom stereocenters. The van der Waals surface area contributed by atoms with E-state index in [0.717, 1.165) is 17.5 Å². The van der Waals surface area contributed by atoms with Crippen LogP contribution in [0.4, 0.5) is 5.69 Å². The first kappa shape index (κ1) is 18.6. The first-order valence-corrected chi connectivity index (χ1v) is 11.3. The van der Waals surface area contributed by atoms with Crippen molar-refractivity contribution < 1.29 is 13.2 Å². The smallest absolute Gasteiger partial charge is 0.262 e. The molecule has 30 heavy (non-hydrogen) atoms. The molecule has 6 heteroatoms. The van der Waals surface area contributed by atoms with Crippen molar-refractivity contribution in [3.05, 3.63) is 84.1 Å². The molecular weight excluding hydrogens is 396 g/mol. The van der Waals surface area contributed by atoms with Crippen LogP contribution in [0.1, 0.15) is 18.1 Å². The van der Waals surface area contributed by atoms with Crippen molar-refractivity contribution in [3.8, 4) is 16.9 Å². The van der Waals surface area contributed by atoms with E-state index in [1.54, 1.807) is 30.5 Å². The molecule has 0 bridgehead atoms. The van der Waals surface area contributed by atoms with Gasteiger partial charge in [-0.2, -0.15) is 0 Å². The summed E-state index contributed by atoms with van der Waals surface area (Å²) in [5, 5.41) is 0.532. The van der Waals surface area contributed by atoms with Crippen molar-refractivity contribution in [3.63, 3.8) is 0 Å². The number of ether oxygens (including phenoxy) is 1. The van der Waals surface area contributed by atoms with E-state index in [2.05, 4.69) is 21.8 Å². The molecule has 5 rings (SSSR count). The zero-order chi connectivity index (χ0) is 20.7. The van der Waals surface area contributed by atoms with E-state index >= 15 is 0 Å². The van der Waals surface area contributed by atoms with E-state index in [0.29, 0.717) is 28.9 Å². The Morgan fingerprint density at radius 3 is 2.67 bits per heavy atom. The second-order valence-corrected chi connectivity index (χ2v) is 8.86. The molecule has 4 aromatic rings.